The first-order valence-corrected chi connectivity index (χ1v) is 7.50. The van der Waals surface area contributed by atoms with Gasteiger partial charge in [-0.15, -0.1) is 0 Å². The van der Waals surface area contributed by atoms with Gasteiger partial charge in [-0.05, 0) is 37.3 Å². The summed E-state index contributed by atoms with van der Waals surface area (Å²) in [7, 11) is 0. The van der Waals surface area contributed by atoms with Crippen LogP contribution in [0.25, 0.3) is 0 Å². The standard InChI is InChI=1S/C17H25NO/c1-5-7-8-13(6-2)15-14-10-11(3)9-12(4)16(14)18-17(15)19/h9-10,13,15H,5-8H2,1-4H3,(H,18,19). The first-order valence-electron chi connectivity index (χ1n) is 7.50. The van der Waals surface area contributed by atoms with Gasteiger partial charge in [0.2, 0.25) is 5.91 Å². The second-order valence-corrected chi connectivity index (χ2v) is 5.82. The van der Waals surface area contributed by atoms with Crippen molar-refractivity contribution in [1.82, 2.24) is 0 Å². The Hall–Kier alpha value is -1.31. The van der Waals surface area contributed by atoms with Gasteiger partial charge in [-0.1, -0.05) is 50.8 Å². The molecule has 2 unspecified atom stereocenters. The minimum absolute atomic E-state index is 0.0603. The molecule has 104 valence electrons. The van der Waals surface area contributed by atoms with E-state index < -0.39 is 0 Å². The summed E-state index contributed by atoms with van der Waals surface area (Å²) in [5, 5.41) is 3.10. The maximum Gasteiger partial charge on any atom is 0.232 e. The summed E-state index contributed by atoms with van der Waals surface area (Å²) >= 11 is 0. The highest BCUT2D eigenvalue weighted by Crippen LogP contribution is 2.42. The molecule has 0 aliphatic carbocycles. The molecule has 2 nitrogen and oxygen atoms in total. The molecule has 1 amide bonds. The van der Waals surface area contributed by atoms with Crippen molar-refractivity contribution in [3.8, 4) is 0 Å². The molecule has 0 radical (unpaired) electrons. The second-order valence-electron chi connectivity index (χ2n) is 5.82. The van der Waals surface area contributed by atoms with Crippen molar-refractivity contribution in [2.75, 3.05) is 5.32 Å². The lowest BCUT2D eigenvalue weighted by Gasteiger charge is -2.21. The van der Waals surface area contributed by atoms with Crippen LogP contribution in [0.4, 0.5) is 5.69 Å². The van der Waals surface area contributed by atoms with E-state index in [1.54, 1.807) is 0 Å². The Balaban J connectivity index is 2.35. The van der Waals surface area contributed by atoms with Crippen LogP contribution in [-0.2, 0) is 4.79 Å². The molecular weight excluding hydrogens is 234 g/mol. The number of hydrogen-bond donors (Lipinski definition) is 1. The van der Waals surface area contributed by atoms with Gasteiger partial charge in [0, 0.05) is 5.69 Å². The van der Waals surface area contributed by atoms with Crippen molar-refractivity contribution < 1.29 is 4.79 Å². The molecule has 1 aliphatic heterocycles. The minimum atomic E-state index is 0.0603. The van der Waals surface area contributed by atoms with Crippen molar-refractivity contribution in [3.05, 3.63) is 28.8 Å². The third kappa shape index (κ3) is 2.68. The van der Waals surface area contributed by atoms with E-state index in [0.717, 1.165) is 18.5 Å². The zero-order chi connectivity index (χ0) is 14.0. The number of benzene rings is 1. The lowest BCUT2D eigenvalue weighted by atomic mass is 9.81. The van der Waals surface area contributed by atoms with E-state index >= 15 is 0 Å². The van der Waals surface area contributed by atoms with Crippen LogP contribution in [0.3, 0.4) is 0 Å². The van der Waals surface area contributed by atoms with E-state index in [-0.39, 0.29) is 11.8 Å². The minimum Gasteiger partial charge on any atom is -0.325 e. The summed E-state index contributed by atoms with van der Waals surface area (Å²) in [6, 6.07) is 4.34. The van der Waals surface area contributed by atoms with Crippen molar-refractivity contribution in [2.45, 2.75) is 59.3 Å². The molecule has 1 aromatic rings. The molecule has 1 aliphatic rings. The molecule has 0 aromatic heterocycles. The van der Waals surface area contributed by atoms with Gasteiger partial charge in [0.1, 0.15) is 0 Å². The monoisotopic (exact) mass is 259 g/mol. The van der Waals surface area contributed by atoms with Gasteiger partial charge in [0.15, 0.2) is 0 Å². The van der Waals surface area contributed by atoms with Crippen LogP contribution in [-0.4, -0.2) is 5.91 Å². The SMILES string of the molecule is CCCCC(CC)C1C(=O)Nc2c(C)cc(C)cc21. The van der Waals surface area contributed by atoms with Crippen LogP contribution in [0.15, 0.2) is 12.1 Å². The van der Waals surface area contributed by atoms with Gasteiger partial charge in [-0.25, -0.2) is 0 Å². The van der Waals surface area contributed by atoms with Gasteiger partial charge in [0.25, 0.3) is 0 Å². The van der Waals surface area contributed by atoms with Gasteiger partial charge in [0.05, 0.1) is 5.92 Å². The second kappa shape index (κ2) is 5.77. The fraction of sp³-hybridized carbons (Fsp3) is 0.588. The molecule has 0 fully saturated rings. The van der Waals surface area contributed by atoms with E-state index in [2.05, 4.69) is 45.1 Å². The Morgan fingerprint density at radius 3 is 2.63 bits per heavy atom. The highest BCUT2D eigenvalue weighted by atomic mass is 16.2. The summed E-state index contributed by atoms with van der Waals surface area (Å²) in [5.74, 6) is 0.735. The summed E-state index contributed by atoms with van der Waals surface area (Å²) < 4.78 is 0. The zero-order valence-electron chi connectivity index (χ0n) is 12.5. The number of unbranched alkanes of at least 4 members (excludes halogenated alkanes) is 1. The van der Waals surface area contributed by atoms with E-state index in [1.807, 2.05) is 0 Å². The lowest BCUT2D eigenvalue weighted by molar-refractivity contribution is -0.118. The van der Waals surface area contributed by atoms with Crippen LogP contribution >= 0.6 is 0 Å². The largest absolute Gasteiger partial charge is 0.325 e. The van der Waals surface area contributed by atoms with Crippen LogP contribution in [0.2, 0.25) is 0 Å². The van der Waals surface area contributed by atoms with E-state index in [0.29, 0.717) is 5.92 Å². The molecule has 2 atom stereocenters. The smallest absolute Gasteiger partial charge is 0.232 e. The zero-order valence-corrected chi connectivity index (χ0v) is 12.5. The molecular formula is C17H25NO. The molecule has 0 saturated carbocycles. The third-order valence-corrected chi connectivity index (χ3v) is 4.30. The molecule has 1 aromatic carbocycles. The van der Waals surface area contributed by atoms with E-state index in [1.165, 1.54) is 29.5 Å². The van der Waals surface area contributed by atoms with Crippen molar-refractivity contribution in [1.29, 1.82) is 0 Å². The van der Waals surface area contributed by atoms with Gasteiger partial charge in [-0.2, -0.15) is 0 Å². The maximum absolute atomic E-state index is 12.3. The lowest BCUT2D eigenvalue weighted by Crippen LogP contribution is -2.20. The Bertz CT molecular complexity index is 478. The highest BCUT2D eigenvalue weighted by molar-refractivity contribution is 6.04. The Morgan fingerprint density at radius 2 is 2.00 bits per heavy atom. The van der Waals surface area contributed by atoms with Crippen LogP contribution in [0, 0.1) is 19.8 Å². The van der Waals surface area contributed by atoms with Crippen molar-refractivity contribution in [2.24, 2.45) is 5.92 Å². The van der Waals surface area contributed by atoms with Gasteiger partial charge >= 0.3 is 0 Å². The number of carbonyl (C=O) groups is 1. The maximum atomic E-state index is 12.3. The normalized spacial score (nSPS) is 19.2. The molecule has 2 rings (SSSR count). The number of anilines is 1. The predicted octanol–water partition coefficient (Wildman–Crippen LogP) is 4.56. The summed E-state index contributed by atoms with van der Waals surface area (Å²) in [6.07, 6.45) is 4.63. The summed E-state index contributed by atoms with van der Waals surface area (Å²) in [6.45, 7) is 8.61. The van der Waals surface area contributed by atoms with Crippen LogP contribution < -0.4 is 5.32 Å². The molecule has 1 N–H and O–H groups in total. The average Bonchev–Trinajstić information content (AvgIpc) is 2.68. The summed E-state index contributed by atoms with van der Waals surface area (Å²) in [4.78, 5) is 12.3. The molecule has 19 heavy (non-hydrogen) atoms. The predicted molar refractivity (Wildman–Crippen MR) is 80.6 cm³/mol. The quantitative estimate of drug-likeness (QED) is 0.825. The number of amides is 1. The Labute approximate surface area is 116 Å². The first kappa shape index (κ1) is 14.1. The van der Waals surface area contributed by atoms with Crippen molar-refractivity contribution in [3.63, 3.8) is 0 Å². The number of fused-ring (bicyclic) bond motifs is 1. The fourth-order valence-corrected chi connectivity index (χ4v) is 3.30. The molecule has 0 spiro atoms. The molecule has 1 heterocycles. The van der Waals surface area contributed by atoms with Crippen molar-refractivity contribution >= 4 is 11.6 Å². The Morgan fingerprint density at radius 1 is 1.26 bits per heavy atom. The van der Waals surface area contributed by atoms with E-state index in [4.69, 9.17) is 0 Å². The third-order valence-electron chi connectivity index (χ3n) is 4.30. The first-order chi connectivity index (χ1) is 9.08. The number of nitrogens with one attached hydrogen (secondary N) is 1. The topological polar surface area (TPSA) is 29.1 Å². The van der Waals surface area contributed by atoms with Gasteiger partial charge < -0.3 is 5.32 Å². The number of carbonyl (C=O) groups excluding carboxylic acids is 1. The number of aryl methyl sites for hydroxylation is 2. The number of hydrogen-bond acceptors (Lipinski definition) is 1. The van der Waals surface area contributed by atoms with Crippen LogP contribution in [0.1, 0.15) is 62.1 Å². The molecule has 2 heteroatoms. The molecule has 0 saturated heterocycles. The summed E-state index contributed by atoms with van der Waals surface area (Å²) in [5.41, 5.74) is 4.74. The molecule has 0 bridgehead atoms. The van der Waals surface area contributed by atoms with Gasteiger partial charge in [-0.3, -0.25) is 4.79 Å². The highest BCUT2D eigenvalue weighted by Gasteiger charge is 2.36. The average molecular weight is 259 g/mol. The number of rotatable bonds is 5. The Kier molecular flexibility index (Phi) is 4.28. The van der Waals surface area contributed by atoms with Crippen LogP contribution in [0.5, 0.6) is 0 Å². The fourth-order valence-electron chi connectivity index (χ4n) is 3.30. The van der Waals surface area contributed by atoms with E-state index in [9.17, 15) is 4.79 Å².